The van der Waals surface area contributed by atoms with Crippen LogP contribution >= 0.6 is 11.8 Å². The molecule has 0 spiro atoms. The lowest BCUT2D eigenvalue weighted by molar-refractivity contribution is 0.128. The Bertz CT molecular complexity index is 281. The van der Waals surface area contributed by atoms with Crippen molar-refractivity contribution in [3.8, 4) is 0 Å². The lowest BCUT2D eigenvalue weighted by Gasteiger charge is -2.32. The number of hydrogen-bond donors (Lipinski definition) is 2. The minimum Gasteiger partial charge on any atom is -0.383 e. The van der Waals surface area contributed by atoms with Crippen LogP contribution in [0.5, 0.6) is 0 Å². The Balaban J connectivity index is 2.14. The second kappa shape index (κ2) is 12.1. The van der Waals surface area contributed by atoms with E-state index in [1.54, 1.807) is 7.11 Å². The molecule has 0 aliphatic carbocycles. The molecular weight excluding hydrogens is 284 g/mol. The van der Waals surface area contributed by atoms with E-state index in [2.05, 4.69) is 26.8 Å². The highest BCUT2D eigenvalue weighted by atomic mass is 32.2. The van der Waals surface area contributed by atoms with Crippen LogP contribution in [0.4, 0.5) is 0 Å². The molecule has 6 heteroatoms. The largest absolute Gasteiger partial charge is 0.383 e. The summed E-state index contributed by atoms with van der Waals surface area (Å²) in [5.74, 6) is 2.20. The number of hydrogen-bond acceptors (Lipinski definition) is 4. The number of ether oxygens (including phenoxy) is 1. The third-order valence-corrected chi connectivity index (χ3v) is 4.53. The highest BCUT2D eigenvalue weighted by Crippen LogP contribution is 2.09. The van der Waals surface area contributed by atoms with Crippen LogP contribution in [0.1, 0.15) is 25.7 Å². The Morgan fingerprint density at radius 1 is 1.33 bits per heavy atom. The summed E-state index contributed by atoms with van der Waals surface area (Å²) in [7, 11) is 3.62. The topological polar surface area (TPSA) is 48.9 Å². The van der Waals surface area contributed by atoms with Crippen LogP contribution in [0, 0.1) is 0 Å². The monoisotopic (exact) mass is 316 g/mol. The van der Waals surface area contributed by atoms with Crippen molar-refractivity contribution in [2.45, 2.75) is 31.7 Å². The zero-order chi connectivity index (χ0) is 15.3. The maximum Gasteiger partial charge on any atom is 0.191 e. The average Bonchev–Trinajstić information content (AvgIpc) is 2.52. The predicted octanol–water partition coefficient (Wildman–Crippen LogP) is 1.41. The lowest BCUT2D eigenvalue weighted by Crippen LogP contribution is -2.49. The number of methoxy groups -OCH3 is 1. The summed E-state index contributed by atoms with van der Waals surface area (Å²) >= 11 is 1.91. The SMILES string of the molecule is CN=C(NCCCCSC)NC1CCN(CCOC)CC1. The van der Waals surface area contributed by atoms with Crippen LogP contribution < -0.4 is 10.6 Å². The van der Waals surface area contributed by atoms with E-state index in [9.17, 15) is 0 Å². The molecule has 1 fully saturated rings. The van der Waals surface area contributed by atoms with Gasteiger partial charge in [0.2, 0.25) is 0 Å². The van der Waals surface area contributed by atoms with E-state index in [0.717, 1.165) is 38.7 Å². The molecule has 21 heavy (non-hydrogen) atoms. The molecule has 0 aromatic heterocycles. The van der Waals surface area contributed by atoms with Crippen molar-refractivity contribution in [3.63, 3.8) is 0 Å². The van der Waals surface area contributed by atoms with E-state index in [0.29, 0.717) is 6.04 Å². The molecule has 0 unspecified atom stereocenters. The summed E-state index contributed by atoms with van der Waals surface area (Å²) in [6.07, 6.45) is 6.99. The summed E-state index contributed by atoms with van der Waals surface area (Å²) in [6, 6.07) is 0.543. The summed E-state index contributed by atoms with van der Waals surface area (Å²) in [5, 5.41) is 6.97. The molecule has 5 nitrogen and oxygen atoms in total. The molecule has 0 amide bonds. The molecule has 0 atom stereocenters. The highest BCUT2D eigenvalue weighted by molar-refractivity contribution is 7.98. The Morgan fingerprint density at radius 3 is 2.71 bits per heavy atom. The van der Waals surface area contributed by atoms with Crippen molar-refractivity contribution in [2.24, 2.45) is 4.99 Å². The number of nitrogens with one attached hydrogen (secondary N) is 2. The minimum absolute atomic E-state index is 0.543. The molecule has 0 radical (unpaired) electrons. The first kappa shape index (κ1) is 18.6. The first-order chi connectivity index (χ1) is 10.3. The summed E-state index contributed by atoms with van der Waals surface area (Å²) in [5.41, 5.74) is 0. The Morgan fingerprint density at radius 2 is 2.10 bits per heavy atom. The van der Waals surface area contributed by atoms with E-state index in [1.165, 1.54) is 31.4 Å². The quantitative estimate of drug-likeness (QED) is 0.383. The van der Waals surface area contributed by atoms with E-state index in [4.69, 9.17) is 4.74 Å². The van der Waals surface area contributed by atoms with Gasteiger partial charge in [-0.1, -0.05) is 0 Å². The van der Waals surface area contributed by atoms with E-state index in [-0.39, 0.29) is 0 Å². The van der Waals surface area contributed by atoms with Gasteiger partial charge in [-0.2, -0.15) is 11.8 Å². The maximum absolute atomic E-state index is 5.14. The fourth-order valence-electron chi connectivity index (χ4n) is 2.49. The van der Waals surface area contributed by atoms with E-state index >= 15 is 0 Å². The molecule has 1 aliphatic heterocycles. The summed E-state index contributed by atoms with van der Waals surface area (Å²) < 4.78 is 5.14. The zero-order valence-corrected chi connectivity index (χ0v) is 14.7. The Labute approximate surface area is 134 Å². The van der Waals surface area contributed by atoms with E-state index < -0.39 is 0 Å². The van der Waals surface area contributed by atoms with Crippen molar-refractivity contribution in [1.82, 2.24) is 15.5 Å². The van der Waals surface area contributed by atoms with Crippen LogP contribution in [0.25, 0.3) is 0 Å². The van der Waals surface area contributed by atoms with Gasteiger partial charge in [0.1, 0.15) is 0 Å². The number of thioether (sulfide) groups is 1. The van der Waals surface area contributed by atoms with Crippen LogP contribution in [0.15, 0.2) is 4.99 Å². The summed E-state index contributed by atoms with van der Waals surface area (Å²) in [4.78, 5) is 6.80. The Hall–Kier alpha value is -0.460. The van der Waals surface area contributed by atoms with Crippen LogP contribution in [-0.2, 0) is 4.74 Å². The lowest BCUT2D eigenvalue weighted by atomic mass is 10.1. The molecule has 1 heterocycles. The van der Waals surface area contributed by atoms with Crippen molar-refractivity contribution in [1.29, 1.82) is 0 Å². The molecule has 2 N–H and O–H groups in total. The number of aliphatic imine (C=N–C) groups is 1. The molecule has 1 aliphatic rings. The molecule has 0 saturated carbocycles. The number of likely N-dealkylation sites (tertiary alicyclic amines) is 1. The standard InChI is InChI=1S/C15H32N4OS/c1-16-15(17-8-4-5-13-21-3)18-14-6-9-19(10-7-14)11-12-20-2/h14H,4-13H2,1-3H3,(H2,16,17,18). The second-order valence-electron chi connectivity index (χ2n) is 5.45. The average molecular weight is 317 g/mol. The third kappa shape index (κ3) is 8.53. The van der Waals surface area contributed by atoms with Gasteiger partial charge in [-0.05, 0) is 37.7 Å². The van der Waals surface area contributed by atoms with E-state index in [1.807, 2.05) is 18.8 Å². The fraction of sp³-hybridized carbons (Fsp3) is 0.933. The van der Waals surface area contributed by atoms with Gasteiger partial charge in [-0.15, -0.1) is 0 Å². The zero-order valence-electron chi connectivity index (χ0n) is 13.9. The fourth-order valence-corrected chi connectivity index (χ4v) is 2.98. The summed E-state index contributed by atoms with van der Waals surface area (Å²) in [6.45, 7) is 5.17. The molecule has 1 saturated heterocycles. The number of rotatable bonds is 9. The third-order valence-electron chi connectivity index (χ3n) is 3.83. The van der Waals surface area contributed by atoms with Gasteiger partial charge in [-0.3, -0.25) is 4.99 Å². The normalized spacial score (nSPS) is 18.0. The molecule has 0 aromatic carbocycles. The van der Waals surface area contributed by atoms with Gasteiger partial charge < -0.3 is 20.3 Å². The highest BCUT2D eigenvalue weighted by Gasteiger charge is 2.19. The maximum atomic E-state index is 5.14. The predicted molar refractivity (Wildman–Crippen MR) is 93.5 cm³/mol. The van der Waals surface area contributed by atoms with Crippen molar-refractivity contribution < 1.29 is 4.74 Å². The second-order valence-corrected chi connectivity index (χ2v) is 6.44. The Kier molecular flexibility index (Phi) is 10.7. The van der Waals surface area contributed by atoms with Crippen LogP contribution in [0.2, 0.25) is 0 Å². The van der Waals surface area contributed by atoms with Gasteiger partial charge in [-0.25, -0.2) is 0 Å². The number of guanidine groups is 1. The molecule has 0 bridgehead atoms. The number of piperidine rings is 1. The number of unbranched alkanes of at least 4 members (excludes halogenated alkanes) is 1. The van der Waals surface area contributed by atoms with Gasteiger partial charge in [0.05, 0.1) is 6.61 Å². The minimum atomic E-state index is 0.543. The molecular formula is C15H32N4OS. The first-order valence-corrected chi connectivity index (χ1v) is 9.37. The molecule has 1 rings (SSSR count). The van der Waals surface area contributed by atoms with Gasteiger partial charge >= 0.3 is 0 Å². The van der Waals surface area contributed by atoms with Gasteiger partial charge in [0.25, 0.3) is 0 Å². The van der Waals surface area contributed by atoms with Crippen LogP contribution in [-0.4, -0.2) is 75.9 Å². The van der Waals surface area contributed by atoms with Gasteiger partial charge in [0, 0.05) is 46.4 Å². The van der Waals surface area contributed by atoms with Crippen molar-refractivity contribution in [3.05, 3.63) is 0 Å². The molecule has 0 aromatic rings. The van der Waals surface area contributed by atoms with Gasteiger partial charge in [0.15, 0.2) is 5.96 Å². The molecule has 124 valence electrons. The first-order valence-electron chi connectivity index (χ1n) is 7.97. The van der Waals surface area contributed by atoms with Crippen molar-refractivity contribution >= 4 is 17.7 Å². The number of nitrogens with zero attached hydrogens (tertiary/aromatic N) is 2. The van der Waals surface area contributed by atoms with Crippen molar-refractivity contribution in [2.75, 3.05) is 59.0 Å². The smallest absolute Gasteiger partial charge is 0.191 e. The van der Waals surface area contributed by atoms with Crippen LogP contribution in [0.3, 0.4) is 0 Å².